The topological polar surface area (TPSA) is 54.1 Å². The van der Waals surface area contributed by atoms with E-state index in [9.17, 15) is 4.79 Å². The fourth-order valence-corrected chi connectivity index (χ4v) is 4.52. The minimum Gasteiger partial charge on any atom is -0.378 e. The van der Waals surface area contributed by atoms with Crippen LogP contribution in [0.3, 0.4) is 0 Å². The minimum absolute atomic E-state index is 0.0349. The van der Waals surface area contributed by atoms with E-state index in [0.717, 1.165) is 29.5 Å². The SMILES string of the molecule is CCOC1CC(NC(=O)c2ccc3cc[nH]c3c2)C12CCCC2. The van der Waals surface area contributed by atoms with Gasteiger partial charge in [0.05, 0.1) is 6.10 Å². The number of hydrogen-bond acceptors (Lipinski definition) is 2. The molecule has 2 unspecified atom stereocenters. The van der Waals surface area contributed by atoms with Crippen molar-refractivity contribution in [3.63, 3.8) is 0 Å². The maximum Gasteiger partial charge on any atom is 0.251 e. The van der Waals surface area contributed by atoms with Gasteiger partial charge in [0.15, 0.2) is 0 Å². The van der Waals surface area contributed by atoms with Gasteiger partial charge in [-0.25, -0.2) is 0 Å². The van der Waals surface area contributed by atoms with Gasteiger partial charge >= 0.3 is 0 Å². The van der Waals surface area contributed by atoms with Gasteiger partial charge in [-0.15, -0.1) is 0 Å². The normalized spacial score (nSPS) is 25.6. The van der Waals surface area contributed by atoms with Crippen molar-refractivity contribution in [2.45, 2.75) is 51.2 Å². The molecule has 2 aliphatic carbocycles. The summed E-state index contributed by atoms with van der Waals surface area (Å²) in [4.78, 5) is 15.8. The highest BCUT2D eigenvalue weighted by molar-refractivity contribution is 5.98. The Morgan fingerprint density at radius 2 is 2.17 bits per heavy atom. The summed E-state index contributed by atoms with van der Waals surface area (Å²) in [6.07, 6.45) is 8.04. The highest BCUT2D eigenvalue weighted by Gasteiger charge is 2.57. The Morgan fingerprint density at radius 3 is 2.96 bits per heavy atom. The van der Waals surface area contributed by atoms with Crippen LogP contribution in [0.2, 0.25) is 0 Å². The zero-order chi connectivity index (χ0) is 15.9. The minimum atomic E-state index is 0.0349. The summed E-state index contributed by atoms with van der Waals surface area (Å²) in [7, 11) is 0. The molecule has 0 radical (unpaired) electrons. The van der Waals surface area contributed by atoms with Gasteiger partial charge in [-0.2, -0.15) is 0 Å². The van der Waals surface area contributed by atoms with E-state index in [1.165, 1.54) is 25.7 Å². The summed E-state index contributed by atoms with van der Waals surface area (Å²) in [5, 5.41) is 4.41. The van der Waals surface area contributed by atoms with Crippen LogP contribution in [0.15, 0.2) is 30.5 Å². The number of ether oxygens (including phenoxy) is 1. The maximum atomic E-state index is 12.7. The van der Waals surface area contributed by atoms with Crippen LogP contribution in [-0.2, 0) is 4.74 Å². The fourth-order valence-electron chi connectivity index (χ4n) is 4.52. The number of carbonyl (C=O) groups excluding carboxylic acids is 1. The van der Waals surface area contributed by atoms with Crippen LogP contribution in [0.5, 0.6) is 0 Å². The molecule has 4 nitrogen and oxygen atoms in total. The van der Waals surface area contributed by atoms with Gasteiger partial charge in [0.2, 0.25) is 0 Å². The van der Waals surface area contributed by atoms with E-state index in [2.05, 4.69) is 17.2 Å². The van der Waals surface area contributed by atoms with E-state index in [-0.39, 0.29) is 17.4 Å². The maximum absolute atomic E-state index is 12.7. The number of nitrogens with one attached hydrogen (secondary N) is 2. The lowest BCUT2D eigenvalue weighted by Crippen LogP contribution is -2.63. The molecule has 1 heterocycles. The molecule has 2 saturated carbocycles. The van der Waals surface area contributed by atoms with Gasteiger partial charge in [-0.1, -0.05) is 18.9 Å². The summed E-state index contributed by atoms with van der Waals surface area (Å²) in [6.45, 7) is 2.82. The van der Waals surface area contributed by atoms with Crippen LogP contribution in [0.4, 0.5) is 0 Å². The second kappa shape index (κ2) is 5.68. The van der Waals surface area contributed by atoms with Crippen LogP contribution in [0.25, 0.3) is 10.9 Å². The second-order valence-electron chi connectivity index (χ2n) is 6.93. The molecule has 0 saturated heterocycles. The molecule has 23 heavy (non-hydrogen) atoms. The summed E-state index contributed by atoms with van der Waals surface area (Å²) >= 11 is 0. The third-order valence-corrected chi connectivity index (χ3v) is 5.81. The average Bonchev–Trinajstić information content (AvgIpc) is 3.23. The molecule has 0 bridgehead atoms. The molecule has 1 amide bonds. The Labute approximate surface area is 136 Å². The van der Waals surface area contributed by atoms with Crippen LogP contribution in [-0.4, -0.2) is 29.6 Å². The molecule has 4 rings (SSSR count). The quantitative estimate of drug-likeness (QED) is 0.905. The summed E-state index contributed by atoms with van der Waals surface area (Å²) in [6, 6.07) is 8.11. The van der Waals surface area contributed by atoms with E-state index in [1.807, 2.05) is 30.5 Å². The molecule has 122 valence electrons. The Bertz CT molecular complexity index is 715. The Hall–Kier alpha value is -1.81. The monoisotopic (exact) mass is 312 g/mol. The van der Waals surface area contributed by atoms with Gasteiger partial charge < -0.3 is 15.0 Å². The van der Waals surface area contributed by atoms with Crippen molar-refractivity contribution in [3.8, 4) is 0 Å². The largest absolute Gasteiger partial charge is 0.378 e. The highest BCUT2D eigenvalue weighted by atomic mass is 16.5. The van der Waals surface area contributed by atoms with E-state index in [4.69, 9.17) is 4.74 Å². The third-order valence-electron chi connectivity index (χ3n) is 5.81. The molecule has 2 N–H and O–H groups in total. The number of fused-ring (bicyclic) bond motifs is 1. The van der Waals surface area contributed by atoms with Crippen LogP contribution >= 0.6 is 0 Å². The van der Waals surface area contributed by atoms with Crippen LogP contribution in [0.1, 0.15) is 49.4 Å². The molecule has 2 aliphatic rings. The molecule has 2 fully saturated rings. The molecule has 1 aromatic heterocycles. The van der Waals surface area contributed by atoms with Crippen molar-refractivity contribution in [1.82, 2.24) is 10.3 Å². The molecule has 0 aliphatic heterocycles. The van der Waals surface area contributed by atoms with E-state index >= 15 is 0 Å². The second-order valence-corrected chi connectivity index (χ2v) is 6.93. The molecule has 1 aromatic carbocycles. The fraction of sp³-hybridized carbons (Fsp3) is 0.526. The number of rotatable bonds is 4. The number of H-pyrrole nitrogens is 1. The number of aromatic nitrogens is 1. The van der Waals surface area contributed by atoms with Crippen molar-refractivity contribution in [1.29, 1.82) is 0 Å². The van der Waals surface area contributed by atoms with E-state index in [0.29, 0.717) is 6.10 Å². The number of hydrogen-bond donors (Lipinski definition) is 2. The summed E-state index contributed by atoms with van der Waals surface area (Å²) in [5.74, 6) is 0.0349. The van der Waals surface area contributed by atoms with Gasteiger partial charge in [-0.3, -0.25) is 4.79 Å². The first-order valence-corrected chi connectivity index (χ1v) is 8.72. The molecule has 2 atom stereocenters. The van der Waals surface area contributed by atoms with Crippen molar-refractivity contribution in [3.05, 3.63) is 36.0 Å². The first-order valence-electron chi connectivity index (χ1n) is 8.72. The van der Waals surface area contributed by atoms with E-state index < -0.39 is 0 Å². The van der Waals surface area contributed by atoms with Gasteiger partial charge in [0, 0.05) is 35.3 Å². The number of amides is 1. The standard InChI is InChI=1S/C19H24N2O2/c1-2-23-17-12-16(19(17)8-3-4-9-19)21-18(22)14-6-5-13-7-10-20-15(13)11-14/h5-7,10-11,16-17,20H,2-4,8-9,12H2,1H3,(H,21,22). The number of carbonyl (C=O) groups is 1. The zero-order valence-electron chi connectivity index (χ0n) is 13.6. The smallest absolute Gasteiger partial charge is 0.251 e. The summed E-state index contributed by atoms with van der Waals surface area (Å²) in [5.41, 5.74) is 1.92. The van der Waals surface area contributed by atoms with Gasteiger partial charge in [0.1, 0.15) is 0 Å². The number of benzene rings is 1. The average molecular weight is 312 g/mol. The predicted octanol–water partition coefficient (Wildman–Crippen LogP) is 3.64. The van der Waals surface area contributed by atoms with Crippen molar-refractivity contribution >= 4 is 16.8 Å². The zero-order valence-corrected chi connectivity index (χ0v) is 13.6. The summed E-state index contributed by atoms with van der Waals surface area (Å²) < 4.78 is 5.92. The highest BCUT2D eigenvalue weighted by Crippen LogP contribution is 2.54. The Balaban J connectivity index is 1.50. The third kappa shape index (κ3) is 2.36. The molecular formula is C19H24N2O2. The lowest BCUT2D eigenvalue weighted by molar-refractivity contribution is -0.127. The molecule has 2 aromatic rings. The first-order chi connectivity index (χ1) is 11.2. The van der Waals surface area contributed by atoms with E-state index in [1.54, 1.807) is 0 Å². The molecule has 1 spiro atoms. The Kier molecular flexibility index (Phi) is 3.64. The van der Waals surface area contributed by atoms with Crippen molar-refractivity contribution in [2.24, 2.45) is 5.41 Å². The lowest BCUT2D eigenvalue weighted by atomic mass is 9.60. The predicted molar refractivity (Wildman–Crippen MR) is 90.5 cm³/mol. The van der Waals surface area contributed by atoms with Crippen molar-refractivity contribution < 1.29 is 9.53 Å². The van der Waals surface area contributed by atoms with Gasteiger partial charge in [-0.05, 0) is 49.8 Å². The first kappa shape index (κ1) is 14.8. The molecular weight excluding hydrogens is 288 g/mol. The van der Waals surface area contributed by atoms with Gasteiger partial charge in [0.25, 0.3) is 5.91 Å². The van der Waals surface area contributed by atoms with Crippen LogP contribution < -0.4 is 5.32 Å². The van der Waals surface area contributed by atoms with Crippen molar-refractivity contribution in [2.75, 3.05) is 6.61 Å². The van der Waals surface area contributed by atoms with Crippen LogP contribution in [0, 0.1) is 5.41 Å². The number of aromatic amines is 1. The Morgan fingerprint density at radius 1 is 1.35 bits per heavy atom. The molecule has 4 heteroatoms. The lowest BCUT2D eigenvalue weighted by Gasteiger charge is -2.54.